The minimum absolute atomic E-state index is 0.0999. The Morgan fingerprint density at radius 3 is 2.11 bits per heavy atom. The highest BCUT2D eigenvalue weighted by Gasteiger charge is 2.43. The number of likely N-dealkylation sites (tertiary alicyclic amines) is 1. The van der Waals surface area contributed by atoms with Crippen molar-refractivity contribution < 1.29 is 14.3 Å². The van der Waals surface area contributed by atoms with Crippen LogP contribution in [0, 0.1) is 11.8 Å². The third-order valence-corrected chi connectivity index (χ3v) is 4.81. The highest BCUT2D eigenvalue weighted by molar-refractivity contribution is 5.81. The van der Waals surface area contributed by atoms with Crippen molar-refractivity contribution in [2.24, 2.45) is 11.8 Å². The van der Waals surface area contributed by atoms with E-state index in [1.54, 1.807) is 21.1 Å². The molecule has 0 aromatic rings. The Morgan fingerprint density at radius 1 is 1.06 bits per heavy atom. The van der Waals surface area contributed by atoms with E-state index < -0.39 is 0 Å². The van der Waals surface area contributed by atoms with E-state index in [4.69, 9.17) is 9.47 Å². The lowest BCUT2D eigenvalue weighted by Crippen LogP contribution is -2.53. The zero-order chi connectivity index (χ0) is 13.3. The van der Waals surface area contributed by atoms with Gasteiger partial charge in [-0.3, -0.25) is 9.69 Å². The fourth-order valence-corrected chi connectivity index (χ4v) is 3.73. The number of nitrogens with zero attached hydrogens (tertiary/aromatic N) is 1. The maximum Gasteiger partial charge on any atom is 0.146 e. The summed E-state index contributed by atoms with van der Waals surface area (Å²) in [6.07, 6.45) is 3.45. The van der Waals surface area contributed by atoms with E-state index in [1.165, 1.54) is 0 Å². The molecule has 1 saturated carbocycles. The molecule has 1 saturated heterocycles. The highest BCUT2D eigenvalue weighted by Crippen LogP contribution is 2.40. The fourth-order valence-electron chi connectivity index (χ4n) is 3.73. The average Bonchev–Trinajstić information content (AvgIpc) is 2.36. The molecule has 0 spiro atoms. The van der Waals surface area contributed by atoms with Crippen LogP contribution >= 0.6 is 0 Å². The second kappa shape index (κ2) is 5.68. The van der Waals surface area contributed by atoms with Gasteiger partial charge >= 0.3 is 0 Å². The maximum atomic E-state index is 11.7. The van der Waals surface area contributed by atoms with Gasteiger partial charge in [-0.1, -0.05) is 0 Å². The summed E-state index contributed by atoms with van der Waals surface area (Å²) in [6, 6.07) is 0.0999. The van der Waals surface area contributed by atoms with Gasteiger partial charge in [0.25, 0.3) is 0 Å². The Morgan fingerprint density at radius 2 is 1.61 bits per heavy atom. The molecule has 104 valence electrons. The van der Waals surface area contributed by atoms with Crippen molar-refractivity contribution in [2.75, 3.05) is 27.8 Å². The van der Waals surface area contributed by atoms with Crippen LogP contribution in [0.15, 0.2) is 0 Å². The minimum atomic E-state index is 0.0999. The summed E-state index contributed by atoms with van der Waals surface area (Å²) in [4.78, 5) is 13.9. The number of piperidine rings is 1. The molecule has 5 atom stereocenters. The topological polar surface area (TPSA) is 38.8 Å². The summed E-state index contributed by atoms with van der Waals surface area (Å²) in [5.41, 5.74) is 0. The molecular formula is C14H25NO3. The van der Waals surface area contributed by atoms with E-state index in [9.17, 15) is 4.79 Å². The zero-order valence-corrected chi connectivity index (χ0v) is 11.9. The van der Waals surface area contributed by atoms with E-state index in [-0.39, 0.29) is 18.2 Å². The molecule has 2 fully saturated rings. The lowest BCUT2D eigenvalue weighted by molar-refractivity contribution is -0.130. The summed E-state index contributed by atoms with van der Waals surface area (Å²) in [5.74, 6) is 1.53. The molecule has 0 aromatic heterocycles. The second-order valence-corrected chi connectivity index (χ2v) is 5.84. The molecule has 0 bridgehead atoms. The number of Topliss-reactive ketones (excluding diaryl/α,β-unsaturated/α-hetero) is 1. The van der Waals surface area contributed by atoms with Crippen LogP contribution in [0.4, 0.5) is 0 Å². The standard InChI is InChI=1S/C14H25NO3/c1-9(16)12-5-10-6-13(17-3)14(18-4)7-11(10)8-15(12)2/h10-14H,5-8H2,1-4H3. The van der Waals surface area contributed by atoms with Gasteiger partial charge in [0, 0.05) is 20.8 Å². The van der Waals surface area contributed by atoms with Crippen LogP contribution in [0.2, 0.25) is 0 Å². The Hall–Kier alpha value is -0.450. The van der Waals surface area contributed by atoms with Gasteiger partial charge in [0.05, 0.1) is 18.2 Å². The first kappa shape index (κ1) is 14.0. The first-order valence-corrected chi connectivity index (χ1v) is 6.83. The molecule has 5 unspecified atom stereocenters. The largest absolute Gasteiger partial charge is 0.379 e. The number of likely N-dealkylation sites (N-methyl/N-ethyl adjacent to an activating group) is 1. The monoisotopic (exact) mass is 255 g/mol. The number of carbonyl (C=O) groups is 1. The molecular weight excluding hydrogens is 230 g/mol. The number of hydrogen-bond acceptors (Lipinski definition) is 4. The van der Waals surface area contributed by atoms with Crippen molar-refractivity contribution in [3.63, 3.8) is 0 Å². The van der Waals surface area contributed by atoms with E-state index in [1.807, 2.05) is 0 Å². The number of ether oxygens (including phenoxy) is 2. The molecule has 18 heavy (non-hydrogen) atoms. The molecule has 4 heteroatoms. The van der Waals surface area contributed by atoms with Gasteiger partial charge in [-0.05, 0) is 45.1 Å². The Labute approximate surface area is 110 Å². The lowest BCUT2D eigenvalue weighted by atomic mass is 9.70. The van der Waals surface area contributed by atoms with Crippen LogP contribution in [-0.2, 0) is 14.3 Å². The Balaban J connectivity index is 2.06. The van der Waals surface area contributed by atoms with Crippen LogP contribution in [0.5, 0.6) is 0 Å². The maximum absolute atomic E-state index is 11.7. The van der Waals surface area contributed by atoms with Crippen LogP contribution in [-0.4, -0.2) is 56.7 Å². The molecule has 0 aromatic carbocycles. The van der Waals surface area contributed by atoms with Crippen molar-refractivity contribution in [1.29, 1.82) is 0 Å². The molecule has 1 aliphatic heterocycles. The van der Waals surface area contributed by atoms with Gasteiger partial charge in [-0.15, -0.1) is 0 Å². The Kier molecular flexibility index (Phi) is 4.41. The van der Waals surface area contributed by atoms with Crippen molar-refractivity contribution in [3.8, 4) is 0 Å². The van der Waals surface area contributed by atoms with Crippen LogP contribution in [0.1, 0.15) is 26.2 Å². The smallest absolute Gasteiger partial charge is 0.146 e. The second-order valence-electron chi connectivity index (χ2n) is 5.84. The minimum Gasteiger partial charge on any atom is -0.379 e. The molecule has 1 heterocycles. The SMILES string of the molecule is COC1CC2CC(C(C)=O)N(C)CC2CC1OC. The van der Waals surface area contributed by atoms with E-state index >= 15 is 0 Å². The summed E-state index contributed by atoms with van der Waals surface area (Å²) >= 11 is 0. The van der Waals surface area contributed by atoms with Crippen LogP contribution < -0.4 is 0 Å². The number of hydrogen-bond donors (Lipinski definition) is 0. The molecule has 0 N–H and O–H groups in total. The van der Waals surface area contributed by atoms with E-state index in [0.29, 0.717) is 17.6 Å². The van der Waals surface area contributed by atoms with Crippen LogP contribution in [0.25, 0.3) is 0 Å². The first-order chi connectivity index (χ1) is 8.56. The third-order valence-electron chi connectivity index (χ3n) is 4.81. The van der Waals surface area contributed by atoms with Crippen molar-refractivity contribution in [2.45, 2.75) is 44.4 Å². The fraction of sp³-hybridized carbons (Fsp3) is 0.929. The van der Waals surface area contributed by atoms with Crippen molar-refractivity contribution in [3.05, 3.63) is 0 Å². The van der Waals surface area contributed by atoms with Gasteiger partial charge < -0.3 is 9.47 Å². The van der Waals surface area contributed by atoms with Gasteiger partial charge in [0.1, 0.15) is 5.78 Å². The number of fused-ring (bicyclic) bond motifs is 1. The molecule has 2 aliphatic rings. The zero-order valence-electron chi connectivity index (χ0n) is 11.9. The lowest BCUT2D eigenvalue weighted by Gasteiger charge is -2.47. The molecule has 0 amide bonds. The van der Waals surface area contributed by atoms with E-state index in [0.717, 1.165) is 25.8 Å². The van der Waals surface area contributed by atoms with Crippen LogP contribution in [0.3, 0.4) is 0 Å². The summed E-state index contributed by atoms with van der Waals surface area (Å²) in [7, 11) is 5.59. The predicted molar refractivity (Wildman–Crippen MR) is 69.5 cm³/mol. The quantitative estimate of drug-likeness (QED) is 0.763. The average molecular weight is 255 g/mol. The normalized spacial score (nSPS) is 41.4. The molecule has 1 aliphatic carbocycles. The number of carbonyl (C=O) groups excluding carboxylic acids is 1. The van der Waals surface area contributed by atoms with Crippen molar-refractivity contribution >= 4 is 5.78 Å². The molecule has 4 nitrogen and oxygen atoms in total. The Bertz CT molecular complexity index is 307. The summed E-state index contributed by atoms with van der Waals surface area (Å²) in [6.45, 7) is 2.71. The van der Waals surface area contributed by atoms with Gasteiger partial charge in [-0.25, -0.2) is 0 Å². The summed E-state index contributed by atoms with van der Waals surface area (Å²) < 4.78 is 11.1. The molecule has 0 radical (unpaired) electrons. The van der Waals surface area contributed by atoms with Crippen molar-refractivity contribution in [1.82, 2.24) is 4.90 Å². The van der Waals surface area contributed by atoms with Gasteiger partial charge in [0.2, 0.25) is 0 Å². The highest BCUT2D eigenvalue weighted by atomic mass is 16.5. The number of rotatable bonds is 3. The van der Waals surface area contributed by atoms with E-state index in [2.05, 4.69) is 11.9 Å². The number of methoxy groups -OCH3 is 2. The first-order valence-electron chi connectivity index (χ1n) is 6.83. The van der Waals surface area contributed by atoms with Gasteiger partial charge in [0.15, 0.2) is 0 Å². The predicted octanol–water partition coefficient (Wildman–Crippen LogP) is 1.34. The number of ketones is 1. The third kappa shape index (κ3) is 2.60. The summed E-state index contributed by atoms with van der Waals surface area (Å²) in [5, 5.41) is 0. The van der Waals surface area contributed by atoms with Gasteiger partial charge in [-0.2, -0.15) is 0 Å². The molecule has 2 rings (SSSR count).